The zero-order valence-electron chi connectivity index (χ0n) is 23.5. The molecule has 2 fully saturated rings. The van der Waals surface area contributed by atoms with Gasteiger partial charge in [0.05, 0.1) is 36.8 Å². The molecule has 2 aliphatic heterocycles. The molecular formula is C30H41N4O4Pd-. The third kappa shape index (κ3) is 10.1. The summed E-state index contributed by atoms with van der Waals surface area (Å²) in [6.45, 7) is 12.3. The van der Waals surface area contributed by atoms with Gasteiger partial charge < -0.3 is 36.5 Å². The maximum absolute atomic E-state index is 9.15. The molecule has 0 spiro atoms. The van der Waals surface area contributed by atoms with Crippen molar-refractivity contribution in [2.75, 3.05) is 36.0 Å². The Hall–Kier alpha value is -2.70. The minimum Gasteiger partial charge on any atom is -0.506 e. The molecule has 2 aromatic heterocycles. The first-order valence-electron chi connectivity index (χ1n) is 12.9. The monoisotopic (exact) mass is 627 g/mol. The maximum atomic E-state index is 9.15. The number of benzene rings is 1. The van der Waals surface area contributed by atoms with Crippen molar-refractivity contribution in [2.24, 2.45) is 0 Å². The van der Waals surface area contributed by atoms with E-state index in [1.165, 1.54) is 6.20 Å². The molecule has 4 heterocycles. The summed E-state index contributed by atoms with van der Waals surface area (Å²) < 4.78 is 17.2. The van der Waals surface area contributed by atoms with Crippen LogP contribution in [0, 0.1) is 7.43 Å². The van der Waals surface area contributed by atoms with Gasteiger partial charge in [0, 0.05) is 46.6 Å². The molecule has 2 saturated heterocycles. The van der Waals surface area contributed by atoms with E-state index in [1.807, 2.05) is 36.4 Å². The van der Waals surface area contributed by atoms with E-state index >= 15 is 0 Å². The summed E-state index contributed by atoms with van der Waals surface area (Å²) >= 11 is 0. The Morgan fingerprint density at radius 3 is 1.67 bits per heavy atom. The Balaban J connectivity index is 0.000000277. The Labute approximate surface area is 247 Å². The van der Waals surface area contributed by atoms with Crippen molar-refractivity contribution in [3.05, 3.63) is 80.0 Å². The molecule has 3 aromatic rings. The number of aromatic nitrogens is 2. The smallest absolute Gasteiger partial charge is 0.138 e. The van der Waals surface area contributed by atoms with Crippen molar-refractivity contribution in [2.45, 2.75) is 58.7 Å². The molecule has 0 saturated carbocycles. The predicted molar refractivity (Wildman–Crippen MR) is 152 cm³/mol. The Bertz CT molecular complexity index is 1070. The molecule has 0 radical (unpaired) electrons. The SMILES string of the molecule is CC1CN(c2ccc(O)cn2)CC(C)O1.CC1CN(c2ccc(OCc3ccccc3)cn2)CC(C)O1.[CH3-].[Pd]. The van der Waals surface area contributed by atoms with Gasteiger partial charge in [0.2, 0.25) is 0 Å². The van der Waals surface area contributed by atoms with E-state index < -0.39 is 0 Å². The van der Waals surface area contributed by atoms with Crippen molar-refractivity contribution >= 4 is 11.6 Å². The number of aromatic hydroxyl groups is 1. The molecular weight excluding hydrogens is 587 g/mol. The van der Waals surface area contributed by atoms with Crippen LogP contribution in [-0.4, -0.2) is 65.7 Å². The van der Waals surface area contributed by atoms with E-state index in [2.05, 4.69) is 59.6 Å². The zero-order chi connectivity index (χ0) is 26.2. The van der Waals surface area contributed by atoms with Crippen LogP contribution in [0.5, 0.6) is 11.5 Å². The third-order valence-electron chi connectivity index (χ3n) is 6.19. The molecule has 0 aliphatic carbocycles. The van der Waals surface area contributed by atoms with E-state index in [4.69, 9.17) is 19.3 Å². The minimum atomic E-state index is 0. The molecule has 4 atom stereocenters. The number of morpholine rings is 2. The Morgan fingerprint density at radius 1 is 0.744 bits per heavy atom. The first-order valence-corrected chi connectivity index (χ1v) is 12.9. The van der Waals surface area contributed by atoms with Gasteiger partial charge in [0.1, 0.15) is 29.7 Å². The summed E-state index contributed by atoms with van der Waals surface area (Å²) in [5.74, 6) is 2.87. The fourth-order valence-corrected chi connectivity index (χ4v) is 4.68. The first kappa shape index (κ1) is 32.5. The summed E-state index contributed by atoms with van der Waals surface area (Å²) in [5, 5.41) is 9.15. The molecule has 0 amide bonds. The largest absolute Gasteiger partial charge is 0.506 e. The molecule has 4 unspecified atom stereocenters. The Kier molecular flexibility index (Phi) is 13.2. The predicted octanol–water partition coefficient (Wildman–Crippen LogP) is 5.12. The molecule has 2 aliphatic rings. The van der Waals surface area contributed by atoms with E-state index in [-0.39, 0.29) is 58.0 Å². The number of hydrogen-bond acceptors (Lipinski definition) is 8. The quantitative estimate of drug-likeness (QED) is 0.308. The van der Waals surface area contributed by atoms with E-state index in [9.17, 15) is 0 Å². The molecule has 9 heteroatoms. The average molecular weight is 628 g/mol. The van der Waals surface area contributed by atoms with Gasteiger partial charge in [-0.25, -0.2) is 9.97 Å². The van der Waals surface area contributed by atoms with Crippen LogP contribution < -0.4 is 14.5 Å². The van der Waals surface area contributed by atoms with Gasteiger partial charge in [0.25, 0.3) is 0 Å². The number of hydrogen-bond donors (Lipinski definition) is 1. The molecule has 8 nitrogen and oxygen atoms in total. The summed E-state index contributed by atoms with van der Waals surface area (Å²) in [6.07, 6.45) is 4.19. The van der Waals surface area contributed by atoms with E-state index in [1.54, 1.807) is 12.3 Å². The van der Waals surface area contributed by atoms with Crippen LogP contribution in [0.1, 0.15) is 33.3 Å². The number of rotatable bonds is 5. The molecule has 1 N–H and O–H groups in total. The van der Waals surface area contributed by atoms with Crippen LogP contribution in [0.25, 0.3) is 0 Å². The van der Waals surface area contributed by atoms with Crippen molar-refractivity contribution in [3.8, 4) is 11.5 Å². The van der Waals surface area contributed by atoms with Gasteiger partial charge in [-0.3, -0.25) is 0 Å². The average Bonchev–Trinajstić information content (AvgIpc) is 2.88. The Morgan fingerprint density at radius 2 is 1.23 bits per heavy atom. The van der Waals surface area contributed by atoms with Crippen molar-refractivity contribution in [1.29, 1.82) is 0 Å². The van der Waals surface area contributed by atoms with Crippen LogP contribution in [0.3, 0.4) is 0 Å². The van der Waals surface area contributed by atoms with Gasteiger partial charge >= 0.3 is 0 Å². The van der Waals surface area contributed by atoms with Crippen LogP contribution in [-0.2, 0) is 36.5 Å². The van der Waals surface area contributed by atoms with Crippen molar-refractivity contribution in [1.82, 2.24) is 9.97 Å². The van der Waals surface area contributed by atoms with Gasteiger partial charge in [-0.1, -0.05) is 30.3 Å². The zero-order valence-corrected chi connectivity index (χ0v) is 25.0. The first-order chi connectivity index (χ1) is 17.9. The van der Waals surface area contributed by atoms with Crippen LogP contribution >= 0.6 is 0 Å². The number of ether oxygens (including phenoxy) is 3. The molecule has 1 aromatic carbocycles. The van der Waals surface area contributed by atoms with Gasteiger partial charge in [-0.2, -0.15) is 0 Å². The summed E-state index contributed by atoms with van der Waals surface area (Å²) in [5.41, 5.74) is 1.16. The maximum Gasteiger partial charge on any atom is 0.138 e. The van der Waals surface area contributed by atoms with Crippen molar-refractivity contribution < 1.29 is 39.7 Å². The molecule has 216 valence electrons. The van der Waals surface area contributed by atoms with Gasteiger partial charge in [-0.15, -0.1) is 0 Å². The second kappa shape index (κ2) is 15.8. The second-order valence-electron chi connectivity index (χ2n) is 9.83. The number of anilines is 2. The van der Waals surface area contributed by atoms with Crippen molar-refractivity contribution in [3.63, 3.8) is 0 Å². The molecule has 0 bridgehead atoms. The molecule has 5 rings (SSSR count). The van der Waals surface area contributed by atoms with E-state index in [0.29, 0.717) is 6.61 Å². The summed E-state index contributed by atoms with van der Waals surface area (Å²) in [4.78, 5) is 13.2. The number of pyridine rings is 2. The second-order valence-corrected chi connectivity index (χ2v) is 9.83. The third-order valence-corrected chi connectivity index (χ3v) is 6.19. The van der Waals surface area contributed by atoms with Crippen LogP contribution in [0.2, 0.25) is 0 Å². The van der Waals surface area contributed by atoms with E-state index in [0.717, 1.165) is 49.1 Å². The summed E-state index contributed by atoms with van der Waals surface area (Å²) in [6, 6.07) is 17.6. The topological polar surface area (TPSA) is 80.2 Å². The van der Waals surface area contributed by atoms with Gasteiger partial charge in [-0.05, 0) is 57.5 Å². The fourth-order valence-electron chi connectivity index (χ4n) is 4.68. The normalized spacial score (nSPS) is 22.5. The molecule has 39 heavy (non-hydrogen) atoms. The standard InChI is InChI=1S/C18H22N2O2.C11H16N2O2.CH3.Pd/c1-14-11-20(12-15(2)22-14)18-9-8-17(10-19-18)21-13-16-6-4-3-5-7-16;1-8-6-13(7-9(2)15-8)11-4-3-10(14)5-12-11;;/h3-10,14-15H,11-13H2,1-2H3;3-5,8-9,14H,6-7H2,1-2H3;1H3;/q;;-1;. The van der Waals surface area contributed by atoms with Crippen LogP contribution in [0.4, 0.5) is 11.6 Å². The summed E-state index contributed by atoms with van der Waals surface area (Å²) in [7, 11) is 0. The van der Waals surface area contributed by atoms with Crippen LogP contribution in [0.15, 0.2) is 67.0 Å². The fraction of sp³-hybridized carbons (Fsp3) is 0.433. The number of nitrogens with zero attached hydrogens (tertiary/aromatic N) is 4. The van der Waals surface area contributed by atoms with Gasteiger partial charge in [0.15, 0.2) is 0 Å². The minimum absolute atomic E-state index is 0.